The molecule has 0 fully saturated rings. The van der Waals surface area contributed by atoms with E-state index >= 15 is 0 Å². The number of pyridine rings is 1. The van der Waals surface area contributed by atoms with E-state index in [-0.39, 0.29) is 5.91 Å². The van der Waals surface area contributed by atoms with Crippen LogP contribution in [-0.4, -0.2) is 17.4 Å². The minimum atomic E-state index is -0.00367. The summed E-state index contributed by atoms with van der Waals surface area (Å²) in [6.07, 6.45) is 2.92. The molecule has 0 aliphatic heterocycles. The molecule has 2 rings (SSSR count). The van der Waals surface area contributed by atoms with Crippen LogP contribution in [0.15, 0.2) is 48.7 Å². The van der Waals surface area contributed by atoms with Gasteiger partial charge in [0.25, 0.3) is 0 Å². The normalized spacial score (nSPS) is 10.2. The van der Waals surface area contributed by atoms with E-state index < -0.39 is 0 Å². The second kappa shape index (κ2) is 6.66. The van der Waals surface area contributed by atoms with Gasteiger partial charge >= 0.3 is 0 Å². The molecule has 0 radical (unpaired) electrons. The van der Waals surface area contributed by atoms with Gasteiger partial charge in [-0.1, -0.05) is 18.2 Å². The predicted octanol–water partition coefficient (Wildman–Crippen LogP) is 2.43. The molecule has 0 unspecified atom stereocenters. The molecule has 1 amide bonds. The molecule has 4 nitrogen and oxygen atoms in total. The van der Waals surface area contributed by atoms with Gasteiger partial charge in [0.15, 0.2) is 0 Å². The Balaban J connectivity index is 2.01. The Morgan fingerprint density at radius 3 is 2.58 bits per heavy atom. The van der Waals surface area contributed by atoms with Crippen LogP contribution in [0.5, 0.6) is 0 Å². The molecule has 1 aromatic carbocycles. The average molecular weight is 255 g/mol. The van der Waals surface area contributed by atoms with Gasteiger partial charge in [-0.2, -0.15) is 0 Å². The van der Waals surface area contributed by atoms with E-state index in [1.54, 1.807) is 6.20 Å². The molecule has 4 heteroatoms. The lowest BCUT2D eigenvalue weighted by Gasteiger charge is -2.06. The van der Waals surface area contributed by atoms with Crippen LogP contribution >= 0.6 is 0 Å². The SMILES string of the molecule is NCCCC(=O)Nc1ccc(-c2ccccn2)cc1. The van der Waals surface area contributed by atoms with Crippen molar-refractivity contribution in [2.24, 2.45) is 5.73 Å². The number of aromatic nitrogens is 1. The third kappa shape index (κ3) is 3.89. The van der Waals surface area contributed by atoms with Gasteiger partial charge in [0.2, 0.25) is 5.91 Å². The van der Waals surface area contributed by atoms with Gasteiger partial charge < -0.3 is 11.1 Å². The van der Waals surface area contributed by atoms with E-state index in [0.29, 0.717) is 19.4 Å². The molecule has 2 aromatic rings. The third-order valence-electron chi connectivity index (χ3n) is 2.74. The summed E-state index contributed by atoms with van der Waals surface area (Å²) in [5.74, 6) is -0.00367. The summed E-state index contributed by atoms with van der Waals surface area (Å²) in [5.41, 5.74) is 8.11. The molecule has 1 heterocycles. The van der Waals surface area contributed by atoms with Gasteiger partial charge in [-0.05, 0) is 37.2 Å². The molecule has 0 atom stereocenters. The van der Waals surface area contributed by atoms with Crippen LogP contribution in [0.2, 0.25) is 0 Å². The van der Waals surface area contributed by atoms with E-state index in [4.69, 9.17) is 5.73 Å². The summed E-state index contributed by atoms with van der Waals surface area (Å²) < 4.78 is 0. The molecule has 0 spiro atoms. The molecular formula is C15H17N3O. The molecule has 0 aliphatic rings. The highest BCUT2D eigenvalue weighted by molar-refractivity contribution is 5.90. The fraction of sp³-hybridized carbons (Fsp3) is 0.200. The number of amides is 1. The van der Waals surface area contributed by atoms with Crippen molar-refractivity contribution >= 4 is 11.6 Å². The van der Waals surface area contributed by atoms with Crippen LogP contribution in [-0.2, 0) is 4.79 Å². The Hall–Kier alpha value is -2.20. The van der Waals surface area contributed by atoms with Crippen molar-refractivity contribution in [1.29, 1.82) is 0 Å². The summed E-state index contributed by atoms with van der Waals surface area (Å²) in [5, 5.41) is 2.84. The van der Waals surface area contributed by atoms with E-state index in [1.807, 2.05) is 42.5 Å². The van der Waals surface area contributed by atoms with Gasteiger partial charge in [-0.15, -0.1) is 0 Å². The highest BCUT2D eigenvalue weighted by Crippen LogP contribution is 2.19. The first-order valence-corrected chi connectivity index (χ1v) is 6.31. The highest BCUT2D eigenvalue weighted by atomic mass is 16.1. The maximum absolute atomic E-state index is 11.5. The van der Waals surface area contributed by atoms with E-state index in [0.717, 1.165) is 16.9 Å². The summed E-state index contributed by atoms with van der Waals surface area (Å²) >= 11 is 0. The van der Waals surface area contributed by atoms with E-state index in [1.165, 1.54) is 0 Å². The van der Waals surface area contributed by atoms with Gasteiger partial charge in [0, 0.05) is 23.9 Å². The monoisotopic (exact) mass is 255 g/mol. The molecule has 98 valence electrons. The highest BCUT2D eigenvalue weighted by Gasteiger charge is 2.02. The number of rotatable bonds is 5. The van der Waals surface area contributed by atoms with Crippen LogP contribution in [0, 0.1) is 0 Å². The summed E-state index contributed by atoms with van der Waals surface area (Å²) in [6.45, 7) is 0.534. The summed E-state index contributed by atoms with van der Waals surface area (Å²) in [4.78, 5) is 15.8. The van der Waals surface area contributed by atoms with Crippen LogP contribution in [0.4, 0.5) is 5.69 Å². The number of hydrogen-bond acceptors (Lipinski definition) is 3. The van der Waals surface area contributed by atoms with Crippen LogP contribution in [0.1, 0.15) is 12.8 Å². The summed E-state index contributed by atoms with van der Waals surface area (Å²) in [7, 11) is 0. The maximum Gasteiger partial charge on any atom is 0.224 e. The fourth-order valence-corrected chi connectivity index (χ4v) is 1.74. The zero-order chi connectivity index (χ0) is 13.5. The zero-order valence-electron chi connectivity index (χ0n) is 10.7. The molecule has 3 N–H and O–H groups in total. The van der Waals surface area contributed by atoms with Crippen molar-refractivity contribution in [2.45, 2.75) is 12.8 Å². The Morgan fingerprint density at radius 2 is 1.95 bits per heavy atom. The van der Waals surface area contributed by atoms with Gasteiger partial charge in [-0.25, -0.2) is 0 Å². The molecule has 0 saturated carbocycles. The summed E-state index contributed by atoms with van der Waals surface area (Å²) in [6, 6.07) is 13.4. The minimum absolute atomic E-state index is 0.00367. The van der Waals surface area contributed by atoms with Crippen molar-refractivity contribution in [3.05, 3.63) is 48.7 Å². The first kappa shape index (κ1) is 13.2. The first-order valence-electron chi connectivity index (χ1n) is 6.31. The number of hydrogen-bond donors (Lipinski definition) is 2. The van der Waals surface area contributed by atoms with Gasteiger partial charge in [0.1, 0.15) is 0 Å². The molecule has 0 saturated heterocycles. The minimum Gasteiger partial charge on any atom is -0.330 e. The number of anilines is 1. The van der Waals surface area contributed by atoms with Crippen LogP contribution in [0.3, 0.4) is 0 Å². The first-order chi connectivity index (χ1) is 9.29. The smallest absolute Gasteiger partial charge is 0.224 e. The van der Waals surface area contributed by atoms with E-state index in [9.17, 15) is 4.79 Å². The Morgan fingerprint density at radius 1 is 1.16 bits per heavy atom. The lowest BCUT2D eigenvalue weighted by atomic mass is 10.1. The third-order valence-corrected chi connectivity index (χ3v) is 2.74. The Labute approximate surface area is 112 Å². The second-order valence-corrected chi connectivity index (χ2v) is 4.23. The number of nitrogens with two attached hydrogens (primary N) is 1. The lowest BCUT2D eigenvalue weighted by molar-refractivity contribution is -0.116. The number of benzene rings is 1. The molecule has 0 bridgehead atoms. The second-order valence-electron chi connectivity index (χ2n) is 4.23. The molecule has 0 aliphatic carbocycles. The lowest BCUT2D eigenvalue weighted by Crippen LogP contribution is -2.13. The average Bonchev–Trinajstić information content (AvgIpc) is 2.47. The number of nitrogens with one attached hydrogen (secondary N) is 1. The van der Waals surface area contributed by atoms with Crippen molar-refractivity contribution < 1.29 is 4.79 Å². The van der Waals surface area contributed by atoms with Crippen molar-refractivity contribution in [3.63, 3.8) is 0 Å². The van der Waals surface area contributed by atoms with Crippen molar-refractivity contribution in [3.8, 4) is 11.3 Å². The largest absolute Gasteiger partial charge is 0.330 e. The number of carbonyl (C=O) groups excluding carboxylic acids is 1. The van der Waals surface area contributed by atoms with Crippen molar-refractivity contribution in [2.75, 3.05) is 11.9 Å². The molecule has 1 aromatic heterocycles. The number of carbonyl (C=O) groups is 1. The zero-order valence-corrected chi connectivity index (χ0v) is 10.7. The van der Waals surface area contributed by atoms with Crippen LogP contribution < -0.4 is 11.1 Å². The number of nitrogens with zero attached hydrogens (tertiary/aromatic N) is 1. The predicted molar refractivity (Wildman–Crippen MR) is 76.6 cm³/mol. The van der Waals surface area contributed by atoms with Gasteiger partial charge in [0.05, 0.1) is 5.69 Å². The Bertz CT molecular complexity index is 523. The quantitative estimate of drug-likeness (QED) is 0.862. The van der Waals surface area contributed by atoms with Crippen molar-refractivity contribution in [1.82, 2.24) is 4.98 Å². The van der Waals surface area contributed by atoms with Gasteiger partial charge in [-0.3, -0.25) is 9.78 Å². The Kier molecular flexibility index (Phi) is 4.64. The van der Waals surface area contributed by atoms with E-state index in [2.05, 4.69) is 10.3 Å². The fourth-order valence-electron chi connectivity index (χ4n) is 1.74. The maximum atomic E-state index is 11.5. The standard InChI is InChI=1S/C15H17N3O/c16-10-3-5-15(19)18-13-8-6-12(7-9-13)14-4-1-2-11-17-14/h1-2,4,6-9,11H,3,5,10,16H2,(H,18,19). The molecular weight excluding hydrogens is 238 g/mol. The molecule has 19 heavy (non-hydrogen) atoms. The van der Waals surface area contributed by atoms with Crippen LogP contribution in [0.25, 0.3) is 11.3 Å². The topological polar surface area (TPSA) is 68.0 Å².